The Hall–Kier alpha value is -2.66. The van der Waals surface area contributed by atoms with Gasteiger partial charge in [0.1, 0.15) is 0 Å². The fraction of sp³-hybridized carbons (Fsp3) is 0.111. The van der Waals surface area contributed by atoms with Crippen LogP contribution in [-0.4, -0.2) is 18.4 Å². The maximum Gasteiger partial charge on any atom is 0.251 e. The van der Waals surface area contributed by atoms with Crippen LogP contribution in [0.2, 0.25) is 0 Å². The first-order valence-electron chi connectivity index (χ1n) is 7.28. The van der Waals surface area contributed by atoms with E-state index in [0.29, 0.717) is 12.1 Å². The first kappa shape index (κ1) is 15.2. The van der Waals surface area contributed by atoms with Crippen molar-refractivity contribution in [3.63, 3.8) is 0 Å². The van der Waals surface area contributed by atoms with E-state index in [0.717, 1.165) is 15.6 Å². The highest BCUT2D eigenvalue weighted by molar-refractivity contribution is 7.09. The van der Waals surface area contributed by atoms with Crippen molar-refractivity contribution in [2.75, 3.05) is 6.54 Å². The molecule has 0 aliphatic rings. The van der Waals surface area contributed by atoms with Crippen LogP contribution in [0.5, 0.6) is 0 Å². The number of thiophene rings is 1. The van der Waals surface area contributed by atoms with Crippen LogP contribution in [0.1, 0.15) is 15.2 Å². The lowest BCUT2D eigenvalue weighted by Gasteiger charge is -2.07. The number of benzene rings is 2. The van der Waals surface area contributed by atoms with Gasteiger partial charge in [-0.25, -0.2) is 0 Å². The van der Waals surface area contributed by atoms with Crippen LogP contribution in [-0.2, 0) is 11.3 Å². The van der Waals surface area contributed by atoms with Crippen molar-refractivity contribution in [3.05, 3.63) is 70.4 Å². The van der Waals surface area contributed by atoms with E-state index in [1.807, 2.05) is 53.9 Å². The minimum absolute atomic E-state index is 0.0307. The molecule has 1 heterocycles. The van der Waals surface area contributed by atoms with Gasteiger partial charge in [-0.15, -0.1) is 11.3 Å². The number of rotatable bonds is 5. The van der Waals surface area contributed by atoms with Crippen molar-refractivity contribution in [3.8, 4) is 0 Å². The summed E-state index contributed by atoms with van der Waals surface area (Å²) in [5.41, 5.74) is 0.551. The lowest BCUT2D eigenvalue weighted by molar-refractivity contribution is -0.120. The molecule has 0 saturated carbocycles. The quantitative estimate of drug-likeness (QED) is 0.758. The van der Waals surface area contributed by atoms with E-state index in [1.165, 1.54) is 0 Å². The molecule has 0 aliphatic heterocycles. The predicted octanol–water partition coefficient (Wildman–Crippen LogP) is 2.95. The van der Waals surface area contributed by atoms with Gasteiger partial charge in [0.25, 0.3) is 5.91 Å². The van der Waals surface area contributed by atoms with Gasteiger partial charge in [0.2, 0.25) is 5.91 Å². The summed E-state index contributed by atoms with van der Waals surface area (Å²) in [4.78, 5) is 25.0. The number of hydrogen-bond donors (Lipinski definition) is 2. The third kappa shape index (κ3) is 3.96. The average molecular weight is 324 g/mol. The van der Waals surface area contributed by atoms with Crippen molar-refractivity contribution < 1.29 is 9.59 Å². The van der Waals surface area contributed by atoms with Gasteiger partial charge in [-0.2, -0.15) is 0 Å². The molecule has 0 radical (unpaired) electrons. The van der Waals surface area contributed by atoms with Gasteiger partial charge < -0.3 is 10.6 Å². The van der Waals surface area contributed by atoms with Gasteiger partial charge in [-0.05, 0) is 34.4 Å². The summed E-state index contributed by atoms with van der Waals surface area (Å²) < 4.78 is 0. The molecule has 0 saturated heterocycles. The molecule has 0 fully saturated rings. The number of carbonyl (C=O) groups is 2. The molecule has 116 valence electrons. The summed E-state index contributed by atoms with van der Waals surface area (Å²) in [6.07, 6.45) is 0. The van der Waals surface area contributed by atoms with Gasteiger partial charge in [-0.3, -0.25) is 9.59 Å². The Bertz CT molecular complexity index is 828. The summed E-state index contributed by atoms with van der Waals surface area (Å²) in [5, 5.41) is 9.47. The van der Waals surface area contributed by atoms with Gasteiger partial charge in [-0.1, -0.05) is 36.4 Å². The summed E-state index contributed by atoms with van der Waals surface area (Å²) in [5.74, 6) is -0.449. The number of fused-ring (bicyclic) bond motifs is 1. The molecule has 3 rings (SSSR count). The van der Waals surface area contributed by atoms with Crippen molar-refractivity contribution in [2.45, 2.75) is 6.54 Å². The molecule has 23 heavy (non-hydrogen) atoms. The van der Waals surface area contributed by atoms with Crippen molar-refractivity contribution in [1.29, 1.82) is 0 Å². The van der Waals surface area contributed by atoms with E-state index in [2.05, 4.69) is 10.6 Å². The Labute approximate surface area is 138 Å². The molecule has 2 amide bonds. The van der Waals surface area contributed by atoms with Crippen LogP contribution in [0, 0.1) is 0 Å². The predicted molar refractivity (Wildman–Crippen MR) is 92.4 cm³/mol. The van der Waals surface area contributed by atoms with Crippen molar-refractivity contribution >= 4 is 33.9 Å². The zero-order chi connectivity index (χ0) is 16.1. The zero-order valence-corrected chi connectivity index (χ0v) is 13.2. The highest BCUT2D eigenvalue weighted by Crippen LogP contribution is 2.15. The molecular weight excluding hydrogens is 308 g/mol. The minimum atomic E-state index is -0.248. The lowest BCUT2D eigenvalue weighted by Crippen LogP contribution is -2.36. The fourth-order valence-corrected chi connectivity index (χ4v) is 2.90. The van der Waals surface area contributed by atoms with E-state index in [9.17, 15) is 9.59 Å². The Morgan fingerprint density at radius 3 is 2.52 bits per heavy atom. The van der Waals surface area contributed by atoms with Gasteiger partial charge in [0.15, 0.2) is 0 Å². The standard InChI is InChI=1S/C18H16N2O2S/c21-17(19-11-16-6-3-9-23-16)12-20-18(22)15-8-7-13-4-1-2-5-14(13)10-15/h1-10H,11-12H2,(H,19,21)(H,20,22). The SMILES string of the molecule is O=C(CNC(=O)c1ccc2ccccc2c1)NCc1cccs1. The van der Waals surface area contributed by atoms with E-state index in [-0.39, 0.29) is 18.4 Å². The summed E-state index contributed by atoms with van der Waals surface area (Å²) >= 11 is 1.59. The molecule has 1 aromatic heterocycles. The van der Waals surface area contributed by atoms with E-state index in [4.69, 9.17) is 0 Å². The average Bonchev–Trinajstić information content (AvgIpc) is 3.11. The Morgan fingerprint density at radius 2 is 1.74 bits per heavy atom. The van der Waals surface area contributed by atoms with Crippen LogP contribution < -0.4 is 10.6 Å². The van der Waals surface area contributed by atoms with E-state index >= 15 is 0 Å². The third-order valence-corrected chi connectivity index (χ3v) is 4.34. The number of nitrogens with one attached hydrogen (secondary N) is 2. The van der Waals surface area contributed by atoms with Crippen LogP contribution in [0.4, 0.5) is 0 Å². The van der Waals surface area contributed by atoms with E-state index < -0.39 is 0 Å². The van der Waals surface area contributed by atoms with Crippen LogP contribution in [0.3, 0.4) is 0 Å². The molecule has 5 heteroatoms. The van der Waals surface area contributed by atoms with Gasteiger partial charge >= 0.3 is 0 Å². The van der Waals surface area contributed by atoms with E-state index in [1.54, 1.807) is 17.4 Å². The second-order valence-electron chi connectivity index (χ2n) is 5.10. The number of carbonyl (C=O) groups excluding carboxylic acids is 2. The Kier molecular flexibility index (Phi) is 4.68. The Balaban J connectivity index is 1.54. The number of amides is 2. The molecule has 4 nitrogen and oxygen atoms in total. The molecule has 0 spiro atoms. The zero-order valence-electron chi connectivity index (χ0n) is 12.4. The van der Waals surface area contributed by atoms with Crippen molar-refractivity contribution in [1.82, 2.24) is 10.6 Å². The number of hydrogen-bond acceptors (Lipinski definition) is 3. The summed E-state index contributed by atoms with van der Waals surface area (Å²) in [7, 11) is 0. The molecule has 0 aliphatic carbocycles. The largest absolute Gasteiger partial charge is 0.350 e. The highest BCUT2D eigenvalue weighted by Gasteiger charge is 2.08. The van der Waals surface area contributed by atoms with Crippen LogP contribution >= 0.6 is 11.3 Å². The molecular formula is C18H16N2O2S. The topological polar surface area (TPSA) is 58.2 Å². The smallest absolute Gasteiger partial charge is 0.251 e. The lowest BCUT2D eigenvalue weighted by atomic mass is 10.1. The normalized spacial score (nSPS) is 10.4. The summed E-state index contributed by atoms with van der Waals surface area (Å²) in [6.45, 7) is 0.458. The highest BCUT2D eigenvalue weighted by atomic mass is 32.1. The molecule has 2 N–H and O–H groups in total. The van der Waals surface area contributed by atoms with Crippen LogP contribution in [0.15, 0.2) is 60.0 Å². The minimum Gasteiger partial charge on any atom is -0.350 e. The molecule has 2 aromatic carbocycles. The molecule has 0 atom stereocenters. The first-order valence-corrected chi connectivity index (χ1v) is 8.16. The molecule has 0 unspecified atom stereocenters. The maximum absolute atomic E-state index is 12.1. The monoisotopic (exact) mass is 324 g/mol. The summed E-state index contributed by atoms with van der Waals surface area (Å²) in [6, 6.07) is 17.2. The van der Waals surface area contributed by atoms with Gasteiger partial charge in [0.05, 0.1) is 13.1 Å². The van der Waals surface area contributed by atoms with Crippen LogP contribution in [0.25, 0.3) is 10.8 Å². The molecule has 3 aromatic rings. The fourth-order valence-electron chi connectivity index (χ4n) is 2.25. The molecule has 0 bridgehead atoms. The third-order valence-electron chi connectivity index (χ3n) is 3.46. The Morgan fingerprint density at radius 1 is 0.913 bits per heavy atom. The first-order chi connectivity index (χ1) is 11.2. The second kappa shape index (κ2) is 7.07. The maximum atomic E-state index is 12.1. The van der Waals surface area contributed by atoms with Crippen molar-refractivity contribution in [2.24, 2.45) is 0 Å². The van der Waals surface area contributed by atoms with Gasteiger partial charge in [0, 0.05) is 10.4 Å². The second-order valence-corrected chi connectivity index (χ2v) is 6.13.